The van der Waals surface area contributed by atoms with Crippen LogP contribution in [0.4, 0.5) is 4.39 Å². The summed E-state index contributed by atoms with van der Waals surface area (Å²) in [5.74, 6) is -0.152. The molecule has 5 aromatic rings. The minimum absolute atomic E-state index is 0.106. The highest BCUT2D eigenvalue weighted by Crippen LogP contribution is 2.29. The van der Waals surface area contributed by atoms with Crippen LogP contribution in [0.1, 0.15) is 10.5 Å². The van der Waals surface area contributed by atoms with Crippen molar-refractivity contribution in [1.82, 2.24) is 25.1 Å². The number of hydrogen-bond acceptors (Lipinski definition) is 5. The first kappa shape index (κ1) is 16.9. The molecule has 0 saturated carbocycles. The second-order valence-corrected chi connectivity index (χ2v) is 6.31. The van der Waals surface area contributed by atoms with Gasteiger partial charge in [-0.1, -0.05) is 0 Å². The second kappa shape index (κ2) is 6.41. The number of nitrogens with one attached hydrogen (secondary N) is 2. The molecule has 3 N–H and O–H groups in total. The highest BCUT2D eigenvalue weighted by molar-refractivity contribution is 5.93. The van der Waals surface area contributed by atoms with Gasteiger partial charge in [0.05, 0.1) is 16.6 Å². The minimum Gasteiger partial charge on any atom is -0.477 e. The van der Waals surface area contributed by atoms with Crippen LogP contribution in [0.3, 0.4) is 0 Å². The average Bonchev–Trinajstić information content (AvgIpc) is 3.31. The molecule has 3 heterocycles. The van der Waals surface area contributed by atoms with Crippen LogP contribution in [0, 0.1) is 5.82 Å². The standard InChI is InChI=1S/C20H12FN5O3/c21-10-1-3-14-13(7-10)18(26-25-14)19-23-15-4-2-11(8-16(15)24-19)29-12-5-6-22-17(9-12)20(27)28/h1-9H,(H,23,24)(H,25,26)(H,27,28). The number of pyridine rings is 1. The molecule has 0 spiro atoms. The van der Waals surface area contributed by atoms with E-state index >= 15 is 0 Å². The van der Waals surface area contributed by atoms with E-state index in [2.05, 4.69) is 25.1 Å². The molecule has 8 nitrogen and oxygen atoms in total. The molecular formula is C20H12FN5O3. The Kier molecular flexibility index (Phi) is 3.73. The number of benzene rings is 2. The van der Waals surface area contributed by atoms with Crippen molar-refractivity contribution >= 4 is 27.9 Å². The van der Waals surface area contributed by atoms with E-state index in [1.807, 2.05) is 0 Å². The number of ether oxygens (including phenoxy) is 1. The molecule has 0 aliphatic carbocycles. The highest BCUT2D eigenvalue weighted by Gasteiger charge is 2.14. The third-order valence-electron chi connectivity index (χ3n) is 4.39. The Morgan fingerprint density at radius 1 is 1.03 bits per heavy atom. The van der Waals surface area contributed by atoms with E-state index < -0.39 is 5.97 Å². The molecule has 9 heteroatoms. The molecule has 0 aliphatic rings. The number of carbonyl (C=O) groups is 1. The lowest BCUT2D eigenvalue weighted by atomic mass is 10.2. The number of H-pyrrole nitrogens is 2. The summed E-state index contributed by atoms with van der Waals surface area (Å²) in [7, 11) is 0. The first-order valence-corrected chi connectivity index (χ1v) is 8.58. The summed E-state index contributed by atoms with van der Waals surface area (Å²) in [5.41, 5.74) is 2.49. The predicted molar refractivity (Wildman–Crippen MR) is 102 cm³/mol. The summed E-state index contributed by atoms with van der Waals surface area (Å²) < 4.78 is 19.4. The normalized spacial score (nSPS) is 11.2. The molecule has 5 rings (SSSR count). The molecule has 29 heavy (non-hydrogen) atoms. The maximum absolute atomic E-state index is 13.6. The number of nitrogens with zero attached hydrogens (tertiary/aromatic N) is 3. The Labute approximate surface area is 162 Å². The molecule has 0 unspecified atom stereocenters. The molecule has 142 valence electrons. The predicted octanol–water partition coefficient (Wildman–Crippen LogP) is 4.13. The van der Waals surface area contributed by atoms with Gasteiger partial charge in [0, 0.05) is 23.7 Å². The van der Waals surface area contributed by atoms with Crippen LogP contribution < -0.4 is 4.74 Å². The Hall–Kier alpha value is -4.27. The number of aromatic carboxylic acids is 1. The highest BCUT2D eigenvalue weighted by atomic mass is 19.1. The minimum atomic E-state index is -1.13. The number of hydrogen-bond donors (Lipinski definition) is 3. The van der Waals surface area contributed by atoms with Crippen LogP contribution in [0.15, 0.2) is 54.7 Å². The lowest BCUT2D eigenvalue weighted by Gasteiger charge is -2.05. The SMILES string of the molecule is O=C(O)c1cc(Oc2ccc3nc(-c4n[nH]c5ccc(F)cc45)[nH]c3c2)ccn1. The number of aromatic amines is 2. The maximum Gasteiger partial charge on any atom is 0.354 e. The lowest BCUT2D eigenvalue weighted by molar-refractivity contribution is 0.0690. The fraction of sp³-hybridized carbons (Fsp3) is 0. The molecule has 0 fully saturated rings. The van der Waals surface area contributed by atoms with Crippen LogP contribution in [-0.4, -0.2) is 36.2 Å². The first-order valence-electron chi connectivity index (χ1n) is 8.58. The van der Waals surface area contributed by atoms with Crippen LogP contribution in [0.5, 0.6) is 11.5 Å². The van der Waals surface area contributed by atoms with Gasteiger partial charge in [0.2, 0.25) is 0 Å². The summed E-state index contributed by atoms with van der Waals surface area (Å²) in [5, 5.41) is 16.8. The first-order chi connectivity index (χ1) is 14.1. The lowest BCUT2D eigenvalue weighted by Crippen LogP contribution is -1.99. The molecule has 0 bridgehead atoms. The van der Waals surface area contributed by atoms with Crippen LogP contribution in [-0.2, 0) is 0 Å². The van der Waals surface area contributed by atoms with Crippen molar-refractivity contribution in [2.45, 2.75) is 0 Å². The van der Waals surface area contributed by atoms with Crippen LogP contribution >= 0.6 is 0 Å². The fourth-order valence-corrected chi connectivity index (χ4v) is 3.06. The number of carboxylic acid groups (broad SMARTS) is 1. The monoisotopic (exact) mass is 389 g/mol. The fourth-order valence-electron chi connectivity index (χ4n) is 3.06. The van der Waals surface area contributed by atoms with Crippen molar-refractivity contribution < 1.29 is 19.0 Å². The number of halogens is 1. The van der Waals surface area contributed by atoms with Gasteiger partial charge in [0.25, 0.3) is 0 Å². The Morgan fingerprint density at radius 3 is 2.76 bits per heavy atom. The Morgan fingerprint density at radius 2 is 1.90 bits per heavy atom. The van der Waals surface area contributed by atoms with Gasteiger partial charge in [-0.3, -0.25) is 5.10 Å². The van der Waals surface area contributed by atoms with Crippen LogP contribution in [0.2, 0.25) is 0 Å². The molecular weight excluding hydrogens is 377 g/mol. The van der Waals surface area contributed by atoms with Gasteiger partial charge in [0.1, 0.15) is 23.0 Å². The third-order valence-corrected chi connectivity index (χ3v) is 4.39. The van der Waals surface area contributed by atoms with E-state index in [4.69, 9.17) is 9.84 Å². The summed E-state index contributed by atoms with van der Waals surface area (Å²) in [4.78, 5) is 22.5. The zero-order chi connectivity index (χ0) is 20.0. The zero-order valence-corrected chi connectivity index (χ0v) is 14.7. The Balaban J connectivity index is 1.51. The molecule has 0 saturated heterocycles. The molecule has 0 radical (unpaired) electrons. The average molecular weight is 389 g/mol. The summed E-state index contributed by atoms with van der Waals surface area (Å²) in [6, 6.07) is 12.5. The van der Waals surface area contributed by atoms with E-state index in [-0.39, 0.29) is 11.5 Å². The quantitative estimate of drug-likeness (QED) is 0.425. The summed E-state index contributed by atoms with van der Waals surface area (Å²) in [6.45, 7) is 0. The number of fused-ring (bicyclic) bond motifs is 2. The molecule has 3 aromatic heterocycles. The van der Waals surface area contributed by atoms with Gasteiger partial charge >= 0.3 is 5.97 Å². The van der Waals surface area contributed by atoms with Gasteiger partial charge in [-0.25, -0.2) is 19.2 Å². The van der Waals surface area contributed by atoms with Gasteiger partial charge in [-0.15, -0.1) is 0 Å². The number of aromatic nitrogens is 5. The zero-order valence-electron chi connectivity index (χ0n) is 14.7. The number of carboxylic acids is 1. The summed E-state index contributed by atoms with van der Waals surface area (Å²) >= 11 is 0. The van der Waals surface area contributed by atoms with E-state index in [1.165, 1.54) is 24.4 Å². The van der Waals surface area contributed by atoms with Crippen molar-refractivity contribution in [1.29, 1.82) is 0 Å². The van der Waals surface area contributed by atoms with E-state index in [0.29, 0.717) is 45.0 Å². The molecule has 0 amide bonds. The number of rotatable bonds is 4. The van der Waals surface area contributed by atoms with E-state index in [0.717, 1.165) is 0 Å². The molecule has 0 atom stereocenters. The second-order valence-electron chi connectivity index (χ2n) is 6.31. The third kappa shape index (κ3) is 3.04. The van der Waals surface area contributed by atoms with Gasteiger partial charge in [-0.2, -0.15) is 5.10 Å². The smallest absolute Gasteiger partial charge is 0.354 e. The van der Waals surface area contributed by atoms with Crippen molar-refractivity contribution in [3.05, 3.63) is 66.2 Å². The van der Waals surface area contributed by atoms with Crippen molar-refractivity contribution in [3.8, 4) is 23.0 Å². The van der Waals surface area contributed by atoms with Gasteiger partial charge < -0.3 is 14.8 Å². The molecule has 0 aliphatic heterocycles. The maximum atomic E-state index is 13.6. The Bertz CT molecular complexity index is 1390. The van der Waals surface area contributed by atoms with E-state index in [9.17, 15) is 9.18 Å². The van der Waals surface area contributed by atoms with Gasteiger partial charge in [-0.05, 0) is 36.4 Å². The van der Waals surface area contributed by atoms with Crippen molar-refractivity contribution in [2.75, 3.05) is 0 Å². The van der Waals surface area contributed by atoms with Crippen LogP contribution in [0.25, 0.3) is 33.5 Å². The van der Waals surface area contributed by atoms with E-state index in [1.54, 1.807) is 30.3 Å². The molecule has 2 aromatic carbocycles. The van der Waals surface area contributed by atoms with Crippen molar-refractivity contribution in [3.63, 3.8) is 0 Å². The summed E-state index contributed by atoms with van der Waals surface area (Å²) in [6.07, 6.45) is 1.37. The van der Waals surface area contributed by atoms with Crippen molar-refractivity contribution in [2.24, 2.45) is 0 Å². The largest absolute Gasteiger partial charge is 0.477 e. The number of imidazole rings is 1. The van der Waals surface area contributed by atoms with Gasteiger partial charge in [0.15, 0.2) is 11.5 Å². The topological polar surface area (TPSA) is 117 Å².